The molecule has 9 nitrogen and oxygen atoms in total. The van der Waals surface area contributed by atoms with Gasteiger partial charge in [-0.15, -0.1) is 0 Å². The number of benzene rings is 1. The highest BCUT2D eigenvalue weighted by Crippen LogP contribution is 2.27. The Bertz CT molecular complexity index is 746. The molecule has 0 atom stereocenters. The molecule has 0 fully saturated rings. The zero-order valence-electron chi connectivity index (χ0n) is 15.6. The summed E-state index contributed by atoms with van der Waals surface area (Å²) in [7, 11) is 1.54. The van der Waals surface area contributed by atoms with Crippen molar-refractivity contribution in [3.8, 4) is 11.5 Å². The van der Waals surface area contributed by atoms with Crippen molar-refractivity contribution >= 4 is 11.9 Å². The molecule has 1 heterocycles. The highest BCUT2D eigenvalue weighted by Gasteiger charge is 2.11. The lowest BCUT2D eigenvalue weighted by molar-refractivity contribution is -0.134. The van der Waals surface area contributed by atoms with Crippen LogP contribution >= 0.6 is 0 Å². The Morgan fingerprint density at radius 2 is 1.93 bits per heavy atom. The Hall–Kier alpha value is -3.20. The van der Waals surface area contributed by atoms with E-state index in [2.05, 4.69) is 15.3 Å². The van der Waals surface area contributed by atoms with Gasteiger partial charge in [-0.2, -0.15) is 0 Å². The monoisotopic (exact) mass is 376 g/mol. The Morgan fingerprint density at radius 1 is 1.22 bits per heavy atom. The first-order chi connectivity index (χ1) is 12.9. The number of amides is 1. The van der Waals surface area contributed by atoms with E-state index in [1.54, 1.807) is 37.7 Å². The number of aryl methyl sites for hydroxylation is 1. The fraction of sp³-hybridized carbons (Fsp3) is 0.333. The molecule has 0 unspecified atom stereocenters. The second-order valence-corrected chi connectivity index (χ2v) is 5.35. The van der Waals surface area contributed by atoms with Gasteiger partial charge in [0.25, 0.3) is 11.9 Å². The van der Waals surface area contributed by atoms with Crippen molar-refractivity contribution < 1.29 is 24.2 Å². The van der Waals surface area contributed by atoms with E-state index >= 15 is 0 Å². The summed E-state index contributed by atoms with van der Waals surface area (Å²) in [5, 5.41) is 10.2. The van der Waals surface area contributed by atoms with Crippen LogP contribution in [0.25, 0.3) is 0 Å². The van der Waals surface area contributed by atoms with Crippen molar-refractivity contribution in [1.82, 2.24) is 15.3 Å². The Morgan fingerprint density at radius 3 is 2.48 bits per heavy atom. The summed E-state index contributed by atoms with van der Waals surface area (Å²) in [4.78, 5) is 29.6. The number of hydrogen-bond donors (Lipinski definition) is 3. The van der Waals surface area contributed by atoms with Crippen molar-refractivity contribution in [3.63, 3.8) is 0 Å². The van der Waals surface area contributed by atoms with Crippen molar-refractivity contribution in [3.05, 3.63) is 47.5 Å². The lowest BCUT2D eigenvalue weighted by Gasteiger charge is -2.12. The third kappa shape index (κ3) is 8.15. The molecule has 0 aliphatic rings. The van der Waals surface area contributed by atoms with Crippen LogP contribution < -0.4 is 20.5 Å². The van der Waals surface area contributed by atoms with Crippen LogP contribution in [0.15, 0.2) is 30.6 Å². The molecule has 0 spiro atoms. The van der Waals surface area contributed by atoms with Gasteiger partial charge in [-0.1, -0.05) is 0 Å². The lowest BCUT2D eigenvalue weighted by atomic mass is 10.2. The second-order valence-electron chi connectivity index (χ2n) is 5.35. The van der Waals surface area contributed by atoms with Gasteiger partial charge in [-0.05, 0) is 25.1 Å². The minimum atomic E-state index is -0.833. The average Bonchev–Trinajstić information content (AvgIpc) is 2.65. The van der Waals surface area contributed by atoms with E-state index in [0.717, 1.165) is 12.6 Å². The van der Waals surface area contributed by atoms with E-state index in [9.17, 15) is 4.79 Å². The first-order valence-corrected chi connectivity index (χ1v) is 8.13. The smallest absolute Gasteiger partial charge is 0.300 e. The molecule has 146 valence electrons. The topological polar surface area (TPSA) is 137 Å². The Balaban J connectivity index is 0.000000828. The van der Waals surface area contributed by atoms with Gasteiger partial charge in [0.1, 0.15) is 6.61 Å². The number of rotatable bonds is 7. The Kier molecular flexibility index (Phi) is 9.24. The highest BCUT2D eigenvalue weighted by molar-refractivity contribution is 5.94. The molecule has 0 aliphatic heterocycles. The highest BCUT2D eigenvalue weighted by atomic mass is 16.5. The molecule has 2 rings (SSSR count). The normalized spacial score (nSPS) is 9.63. The number of nitrogens with zero attached hydrogens (tertiary/aromatic N) is 2. The summed E-state index contributed by atoms with van der Waals surface area (Å²) in [6, 6.07) is 4.99. The minimum Gasteiger partial charge on any atom is -0.493 e. The van der Waals surface area contributed by atoms with E-state index in [-0.39, 0.29) is 5.91 Å². The van der Waals surface area contributed by atoms with Crippen LogP contribution in [0.2, 0.25) is 0 Å². The van der Waals surface area contributed by atoms with Crippen molar-refractivity contribution in [2.75, 3.05) is 20.3 Å². The van der Waals surface area contributed by atoms with Gasteiger partial charge in [0.2, 0.25) is 0 Å². The molecule has 0 bridgehead atoms. The molecule has 0 saturated heterocycles. The molecule has 9 heteroatoms. The van der Waals surface area contributed by atoms with Crippen LogP contribution in [-0.2, 0) is 11.3 Å². The molecule has 0 saturated carbocycles. The maximum absolute atomic E-state index is 12.2. The first kappa shape index (κ1) is 21.8. The summed E-state index contributed by atoms with van der Waals surface area (Å²) in [5.74, 6) is -0.0206. The minimum absolute atomic E-state index is 0.229. The number of ether oxygens (including phenoxy) is 2. The Labute approximate surface area is 157 Å². The van der Waals surface area contributed by atoms with Gasteiger partial charge in [0.15, 0.2) is 11.5 Å². The molecule has 2 aromatic rings. The third-order valence-corrected chi connectivity index (χ3v) is 3.07. The maximum Gasteiger partial charge on any atom is 0.300 e. The van der Waals surface area contributed by atoms with Gasteiger partial charge in [-0.3, -0.25) is 19.6 Å². The number of hydrogen-bond acceptors (Lipinski definition) is 7. The van der Waals surface area contributed by atoms with Crippen LogP contribution in [0.1, 0.15) is 28.7 Å². The number of carboxylic acid groups (broad SMARTS) is 1. The van der Waals surface area contributed by atoms with E-state index in [0.29, 0.717) is 42.5 Å². The third-order valence-electron chi connectivity index (χ3n) is 3.07. The number of nitrogens with one attached hydrogen (secondary N) is 1. The summed E-state index contributed by atoms with van der Waals surface area (Å²) in [6.45, 7) is 3.97. The summed E-state index contributed by atoms with van der Waals surface area (Å²) >= 11 is 0. The molecular formula is C18H24N4O5. The molecule has 0 aliphatic carbocycles. The maximum atomic E-state index is 12.2. The number of aromatic nitrogens is 2. The standard InChI is InChI=1S/C16H20N4O3.C2H4O2/c1-11-8-19-13(9-18-11)10-20-16(21)12-3-4-14(22-2)15(7-12)23-6-5-17;1-2(3)4/h3-4,7-9H,5-6,10,17H2,1-2H3,(H,20,21);1H3,(H,3,4). The number of nitrogens with two attached hydrogens (primary N) is 1. The number of methoxy groups -OCH3 is 1. The van der Waals surface area contributed by atoms with Gasteiger partial charge in [0, 0.05) is 25.2 Å². The fourth-order valence-electron chi connectivity index (χ4n) is 1.88. The first-order valence-electron chi connectivity index (χ1n) is 8.13. The number of aliphatic carboxylic acids is 1. The average molecular weight is 376 g/mol. The van der Waals surface area contributed by atoms with E-state index in [1.165, 1.54) is 0 Å². The zero-order chi connectivity index (χ0) is 20.2. The van der Waals surface area contributed by atoms with Gasteiger partial charge in [0.05, 0.1) is 31.2 Å². The number of carboxylic acids is 1. The molecule has 1 aromatic carbocycles. The molecule has 27 heavy (non-hydrogen) atoms. The van der Waals surface area contributed by atoms with Crippen molar-refractivity contribution in [1.29, 1.82) is 0 Å². The SMILES string of the molecule is CC(=O)O.COc1ccc(C(=O)NCc2cnc(C)cn2)cc1OCCN. The predicted octanol–water partition coefficient (Wildman–Crippen LogP) is 1.15. The van der Waals surface area contributed by atoms with Crippen LogP contribution in [0.4, 0.5) is 0 Å². The van der Waals surface area contributed by atoms with Crippen molar-refractivity contribution in [2.24, 2.45) is 5.73 Å². The summed E-state index contributed by atoms with van der Waals surface area (Å²) < 4.78 is 10.7. The molecule has 1 amide bonds. The predicted molar refractivity (Wildman–Crippen MR) is 98.8 cm³/mol. The second kappa shape index (κ2) is 11.4. The van der Waals surface area contributed by atoms with Gasteiger partial charge in [-0.25, -0.2) is 0 Å². The van der Waals surface area contributed by atoms with Crippen LogP contribution in [-0.4, -0.2) is 47.2 Å². The molecule has 1 aromatic heterocycles. The molecule has 4 N–H and O–H groups in total. The van der Waals surface area contributed by atoms with E-state index < -0.39 is 5.97 Å². The van der Waals surface area contributed by atoms with E-state index in [4.69, 9.17) is 25.1 Å². The molecular weight excluding hydrogens is 352 g/mol. The lowest BCUT2D eigenvalue weighted by Crippen LogP contribution is -2.23. The van der Waals surface area contributed by atoms with Gasteiger partial charge < -0.3 is 25.6 Å². The zero-order valence-corrected chi connectivity index (χ0v) is 15.6. The van der Waals surface area contributed by atoms with Crippen LogP contribution in [0.5, 0.6) is 11.5 Å². The number of carbonyl (C=O) groups excluding carboxylic acids is 1. The molecule has 0 radical (unpaired) electrons. The van der Waals surface area contributed by atoms with Gasteiger partial charge >= 0.3 is 0 Å². The van der Waals surface area contributed by atoms with Crippen LogP contribution in [0.3, 0.4) is 0 Å². The van der Waals surface area contributed by atoms with E-state index in [1.807, 2.05) is 6.92 Å². The van der Waals surface area contributed by atoms with Crippen molar-refractivity contribution in [2.45, 2.75) is 20.4 Å². The largest absolute Gasteiger partial charge is 0.493 e. The summed E-state index contributed by atoms with van der Waals surface area (Å²) in [5.41, 5.74) is 7.42. The number of carbonyl (C=O) groups is 2. The quantitative estimate of drug-likeness (QED) is 0.654. The van der Waals surface area contributed by atoms with Crippen LogP contribution in [0, 0.1) is 6.92 Å². The summed E-state index contributed by atoms with van der Waals surface area (Å²) in [6.07, 6.45) is 3.30. The fourth-order valence-corrected chi connectivity index (χ4v) is 1.88.